The van der Waals surface area contributed by atoms with Crippen LogP contribution in [0.1, 0.15) is 17.3 Å². The third-order valence-corrected chi connectivity index (χ3v) is 2.87. The monoisotopic (exact) mass is 312 g/mol. The molecule has 0 aliphatic heterocycles. The van der Waals surface area contributed by atoms with Crippen molar-refractivity contribution in [3.05, 3.63) is 47.0 Å². The van der Waals surface area contributed by atoms with E-state index < -0.39 is 11.9 Å². The van der Waals surface area contributed by atoms with Crippen molar-refractivity contribution < 1.29 is 23.8 Å². The van der Waals surface area contributed by atoms with E-state index in [0.717, 1.165) is 0 Å². The number of carbonyl (C=O) groups excluding carboxylic acids is 2. The minimum atomic E-state index is -0.470. The van der Waals surface area contributed by atoms with Crippen molar-refractivity contribution in [2.75, 3.05) is 27.2 Å². The molecule has 0 saturated heterocycles. The maximum Gasteiger partial charge on any atom is 0.397 e. The molecule has 0 aliphatic carbocycles. The Kier molecular flexibility index (Phi) is 5.93. The van der Waals surface area contributed by atoms with Gasteiger partial charge >= 0.3 is 11.9 Å². The van der Waals surface area contributed by atoms with E-state index >= 15 is 0 Å². The lowest BCUT2D eigenvalue weighted by Crippen LogP contribution is -2.44. The Labute approximate surface area is 129 Å². The predicted octanol–water partition coefficient (Wildman–Crippen LogP) is 2.61. The number of ether oxygens (including phenoxy) is 1. The molecule has 114 valence electrons. The van der Waals surface area contributed by atoms with E-state index in [1.165, 1.54) is 0 Å². The number of benzene rings is 1. The van der Waals surface area contributed by atoms with Gasteiger partial charge in [0.2, 0.25) is 0 Å². The third kappa shape index (κ3) is 5.97. The van der Waals surface area contributed by atoms with Gasteiger partial charge in [0.05, 0.1) is 5.56 Å². The number of likely N-dealkylation sites (N-methyl/N-ethyl adjacent to an activating group) is 1. The Morgan fingerprint density at radius 1 is 1.24 bits per heavy atom. The van der Waals surface area contributed by atoms with Crippen LogP contribution in [0.2, 0.25) is 5.02 Å². The molecule has 0 N–H and O–H groups in total. The number of rotatable bonds is 6. The van der Waals surface area contributed by atoms with Crippen molar-refractivity contribution in [2.24, 2.45) is 0 Å². The molecule has 0 bridgehead atoms. The zero-order valence-corrected chi connectivity index (χ0v) is 13.1. The molecule has 0 aromatic heterocycles. The van der Waals surface area contributed by atoms with Gasteiger partial charge in [-0.25, -0.2) is 9.59 Å². The molecule has 0 radical (unpaired) electrons. The molecule has 0 amide bonds. The van der Waals surface area contributed by atoms with Crippen LogP contribution in [0.25, 0.3) is 0 Å². The van der Waals surface area contributed by atoms with Crippen molar-refractivity contribution in [3.8, 4) is 0 Å². The first-order valence-electron chi connectivity index (χ1n) is 6.36. The Morgan fingerprint density at radius 3 is 2.33 bits per heavy atom. The van der Waals surface area contributed by atoms with Gasteiger partial charge in [0.15, 0.2) is 6.54 Å². The van der Waals surface area contributed by atoms with Crippen LogP contribution in [0.5, 0.6) is 0 Å². The summed E-state index contributed by atoms with van der Waals surface area (Å²) in [5, 5.41) is 0.548. The number of esters is 1. The fraction of sp³-hybridized carbons (Fsp3) is 0.333. The fourth-order valence-electron chi connectivity index (χ4n) is 1.39. The molecular formula is C15H19ClNO4+. The number of nitrogens with zero attached hydrogens (tertiary/aromatic N) is 1. The summed E-state index contributed by atoms with van der Waals surface area (Å²) in [5.74, 6) is -0.929. The van der Waals surface area contributed by atoms with E-state index in [9.17, 15) is 9.59 Å². The van der Waals surface area contributed by atoms with Gasteiger partial charge in [0, 0.05) is 10.6 Å². The third-order valence-electron chi connectivity index (χ3n) is 2.62. The summed E-state index contributed by atoms with van der Waals surface area (Å²) in [6.07, 6.45) is 0. The lowest BCUT2D eigenvalue weighted by Gasteiger charge is -2.25. The normalized spacial score (nSPS) is 10.9. The number of quaternary nitrogens is 1. The molecule has 0 saturated carbocycles. The van der Waals surface area contributed by atoms with Crippen LogP contribution in [0.4, 0.5) is 0 Å². The van der Waals surface area contributed by atoms with Gasteiger partial charge in [0.25, 0.3) is 0 Å². The SMILES string of the molecule is C=C(C)C(=O)OCC[N+](C)(C)OC(=O)c1ccc(Cl)cc1. The maximum absolute atomic E-state index is 12.0. The Hall–Kier alpha value is -1.85. The van der Waals surface area contributed by atoms with E-state index in [1.54, 1.807) is 45.3 Å². The highest BCUT2D eigenvalue weighted by Crippen LogP contribution is 2.12. The number of halogens is 1. The topological polar surface area (TPSA) is 52.6 Å². The maximum atomic E-state index is 12.0. The minimum Gasteiger partial charge on any atom is -0.456 e. The Morgan fingerprint density at radius 2 is 1.81 bits per heavy atom. The summed E-state index contributed by atoms with van der Waals surface area (Å²) < 4.78 is 4.91. The van der Waals surface area contributed by atoms with Crippen LogP contribution >= 0.6 is 11.6 Å². The standard InChI is InChI=1S/C15H19ClNO4/c1-11(2)14(18)20-10-9-17(3,4)21-15(19)12-5-7-13(16)8-6-12/h5-8H,1,9-10H2,2-4H3/q+1. The first-order chi connectivity index (χ1) is 9.71. The van der Waals surface area contributed by atoms with Gasteiger partial charge in [-0.15, -0.1) is 4.65 Å². The Balaban J connectivity index is 2.51. The van der Waals surface area contributed by atoms with Gasteiger partial charge in [0.1, 0.15) is 20.7 Å². The summed E-state index contributed by atoms with van der Waals surface area (Å²) >= 11 is 5.76. The largest absolute Gasteiger partial charge is 0.456 e. The lowest BCUT2D eigenvalue weighted by atomic mass is 10.2. The first-order valence-corrected chi connectivity index (χ1v) is 6.74. The summed E-state index contributed by atoms with van der Waals surface area (Å²) in [4.78, 5) is 28.6. The van der Waals surface area contributed by atoms with E-state index in [4.69, 9.17) is 21.2 Å². The number of carbonyl (C=O) groups is 2. The highest BCUT2D eigenvalue weighted by atomic mass is 35.5. The molecule has 1 aromatic rings. The minimum absolute atomic E-state index is 0.0646. The molecule has 0 atom stereocenters. The molecular weight excluding hydrogens is 294 g/mol. The highest BCUT2D eigenvalue weighted by Gasteiger charge is 2.24. The molecule has 0 heterocycles. The zero-order chi connectivity index (χ0) is 16.0. The van der Waals surface area contributed by atoms with Gasteiger partial charge in [-0.2, -0.15) is 0 Å². The molecule has 0 spiro atoms. The van der Waals surface area contributed by atoms with Crippen LogP contribution in [0.3, 0.4) is 0 Å². The van der Waals surface area contributed by atoms with Crippen molar-refractivity contribution in [3.63, 3.8) is 0 Å². The summed E-state index contributed by atoms with van der Waals surface area (Å²) in [7, 11) is 3.39. The number of hydrogen-bond acceptors (Lipinski definition) is 4. The Bertz CT molecular complexity index is 537. The average molecular weight is 313 g/mol. The summed E-state index contributed by atoms with van der Waals surface area (Å²) in [5.41, 5.74) is 0.739. The fourth-order valence-corrected chi connectivity index (χ4v) is 1.52. The lowest BCUT2D eigenvalue weighted by molar-refractivity contribution is -1.06. The first kappa shape index (κ1) is 17.2. The van der Waals surface area contributed by atoms with Gasteiger partial charge in [-0.05, 0) is 31.2 Å². The van der Waals surface area contributed by atoms with Crippen LogP contribution in [-0.4, -0.2) is 43.8 Å². The van der Waals surface area contributed by atoms with E-state index in [-0.39, 0.29) is 11.3 Å². The van der Waals surface area contributed by atoms with Crippen LogP contribution < -0.4 is 0 Å². The molecule has 6 heteroatoms. The second-order valence-corrected chi connectivity index (χ2v) is 5.54. The van der Waals surface area contributed by atoms with E-state index in [1.807, 2.05) is 0 Å². The van der Waals surface area contributed by atoms with Crippen LogP contribution in [-0.2, 0) is 14.4 Å². The van der Waals surface area contributed by atoms with Crippen LogP contribution in [0.15, 0.2) is 36.4 Å². The summed E-state index contributed by atoms with van der Waals surface area (Å²) in [6, 6.07) is 6.41. The molecule has 21 heavy (non-hydrogen) atoms. The quantitative estimate of drug-likeness (QED) is 0.351. The second kappa shape index (κ2) is 7.24. The van der Waals surface area contributed by atoms with Gasteiger partial charge in [-0.3, -0.25) is 4.84 Å². The van der Waals surface area contributed by atoms with Crippen molar-refractivity contribution in [2.45, 2.75) is 6.92 Å². The number of hydrogen-bond donors (Lipinski definition) is 0. The molecule has 0 aliphatic rings. The molecule has 0 unspecified atom stereocenters. The van der Waals surface area contributed by atoms with Gasteiger partial charge < -0.3 is 4.74 Å². The van der Waals surface area contributed by atoms with E-state index in [0.29, 0.717) is 22.7 Å². The number of hydroxylamine groups is 3. The highest BCUT2D eigenvalue weighted by molar-refractivity contribution is 6.30. The molecule has 0 fully saturated rings. The molecule has 1 rings (SSSR count). The summed E-state index contributed by atoms with van der Waals surface area (Å²) in [6.45, 7) is 5.53. The van der Waals surface area contributed by atoms with Gasteiger partial charge in [-0.1, -0.05) is 18.2 Å². The van der Waals surface area contributed by atoms with E-state index in [2.05, 4.69) is 6.58 Å². The predicted molar refractivity (Wildman–Crippen MR) is 79.6 cm³/mol. The van der Waals surface area contributed by atoms with Crippen molar-refractivity contribution >= 4 is 23.5 Å². The van der Waals surface area contributed by atoms with Crippen molar-refractivity contribution in [1.82, 2.24) is 0 Å². The zero-order valence-electron chi connectivity index (χ0n) is 12.4. The van der Waals surface area contributed by atoms with Crippen molar-refractivity contribution in [1.29, 1.82) is 0 Å². The second-order valence-electron chi connectivity index (χ2n) is 5.10. The molecule has 5 nitrogen and oxygen atoms in total. The average Bonchev–Trinajstić information content (AvgIpc) is 2.38. The van der Waals surface area contributed by atoms with Crippen LogP contribution in [0, 0.1) is 0 Å². The smallest absolute Gasteiger partial charge is 0.397 e. The molecule has 1 aromatic carbocycles.